The average molecular weight is 270 g/mol. The van der Waals surface area contributed by atoms with Gasteiger partial charge < -0.3 is 10.1 Å². The Morgan fingerprint density at radius 1 is 1.15 bits per heavy atom. The Morgan fingerprint density at radius 2 is 1.90 bits per heavy atom. The maximum atomic E-state index is 5.51. The number of ether oxygens (including phenoxy) is 1. The van der Waals surface area contributed by atoms with Crippen molar-refractivity contribution in [1.29, 1.82) is 0 Å². The minimum absolute atomic E-state index is 0.0507. The summed E-state index contributed by atoms with van der Waals surface area (Å²) in [6, 6.07) is 10.4. The molecule has 0 amide bonds. The van der Waals surface area contributed by atoms with Crippen molar-refractivity contribution in [1.82, 2.24) is 10.3 Å². The molecule has 0 saturated carbocycles. The molecule has 1 unspecified atom stereocenters. The van der Waals surface area contributed by atoms with Crippen molar-refractivity contribution in [3.05, 3.63) is 58.9 Å². The molecule has 0 bridgehead atoms. The Labute approximate surface area is 121 Å². The van der Waals surface area contributed by atoms with Crippen molar-refractivity contribution in [2.75, 3.05) is 13.7 Å². The number of nitrogens with one attached hydrogen (secondary N) is 1. The van der Waals surface area contributed by atoms with Crippen LogP contribution >= 0.6 is 0 Å². The van der Waals surface area contributed by atoms with Crippen LogP contribution in [-0.2, 0) is 0 Å². The highest BCUT2D eigenvalue weighted by atomic mass is 16.5. The van der Waals surface area contributed by atoms with Crippen LogP contribution in [0.1, 0.15) is 35.3 Å². The molecule has 2 rings (SSSR count). The van der Waals surface area contributed by atoms with E-state index in [-0.39, 0.29) is 6.04 Å². The van der Waals surface area contributed by atoms with Crippen molar-refractivity contribution in [2.24, 2.45) is 0 Å². The third-order valence-corrected chi connectivity index (χ3v) is 3.34. The van der Waals surface area contributed by atoms with Gasteiger partial charge in [-0.05, 0) is 44.2 Å². The summed E-state index contributed by atoms with van der Waals surface area (Å²) in [5.74, 6) is 0.893. The van der Waals surface area contributed by atoms with Gasteiger partial charge in [0.15, 0.2) is 0 Å². The minimum Gasteiger partial charge on any atom is -0.496 e. The molecule has 0 aliphatic heterocycles. The van der Waals surface area contributed by atoms with Crippen molar-refractivity contribution in [3.8, 4) is 5.75 Å². The Kier molecular flexibility index (Phi) is 4.74. The number of methoxy groups -OCH3 is 1. The molecule has 1 aromatic carbocycles. The molecule has 3 heteroatoms. The molecule has 0 radical (unpaired) electrons. The van der Waals surface area contributed by atoms with Crippen molar-refractivity contribution in [3.63, 3.8) is 0 Å². The maximum Gasteiger partial charge on any atom is 0.124 e. The first-order chi connectivity index (χ1) is 9.65. The van der Waals surface area contributed by atoms with Crippen molar-refractivity contribution < 1.29 is 4.74 Å². The summed E-state index contributed by atoms with van der Waals surface area (Å²) >= 11 is 0. The van der Waals surface area contributed by atoms with Gasteiger partial charge in [0.05, 0.1) is 18.8 Å². The van der Waals surface area contributed by atoms with Gasteiger partial charge >= 0.3 is 0 Å². The Hall–Kier alpha value is -1.87. The summed E-state index contributed by atoms with van der Waals surface area (Å²) in [6.07, 6.45) is 1.86. The van der Waals surface area contributed by atoms with E-state index in [0.717, 1.165) is 23.6 Å². The number of aryl methyl sites for hydroxylation is 2. The Bertz CT molecular complexity index is 581. The summed E-state index contributed by atoms with van der Waals surface area (Å²) in [7, 11) is 1.71. The second-order valence-corrected chi connectivity index (χ2v) is 4.99. The van der Waals surface area contributed by atoms with Gasteiger partial charge in [-0.15, -0.1) is 0 Å². The van der Waals surface area contributed by atoms with Crippen molar-refractivity contribution >= 4 is 0 Å². The molecule has 2 aromatic rings. The van der Waals surface area contributed by atoms with Crippen LogP contribution in [0.2, 0.25) is 0 Å². The lowest BCUT2D eigenvalue weighted by Crippen LogP contribution is -2.23. The fourth-order valence-corrected chi connectivity index (χ4v) is 2.37. The molecule has 1 N–H and O–H groups in total. The number of benzene rings is 1. The van der Waals surface area contributed by atoms with Gasteiger partial charge in [-0.2, -0.15) is 0 Å². The average Bonchev–Trinajstić information content (AvgIpc) is 2.44. The molecule has 1 heterocycles. The summed E-state index contributed by atoms with van der Waals surface area (Å²) in [5, 5.41) is 3.50. The topological polar surface area (TPSA) is 34.2 Å². The van der Waals surface area contributed by atoms with E-state index in [2.05, 4.69) is 49.3 Å². The van der Waals surface area contributed by atoms with Gasteiger partial charge in [0.2, 0.25) is 0 Å². The zero-order valence-electron chi connectivity index (χ0n) is 12.6. The predicted molar refractivity (Wildman–Crippen MR) is 82.2 cm³/mol. The van der Waals surface area contributed by atoms with E-state index in [1.165, 1.54) is 11.1 Å². The van der Waals surface area contributed by atoms with Gasteiger partial charge in [-0.25, -0.2) is 0 Å². The summed E-state index contributed by atoms with van der Waals surface area (Å²) in [4.78, 5) is 4.52. The van der Waals surface area contributed by atoms with Gasteiger partial charge in [0, 0.05) is 11.8 Å². The van der Waals surface area contributed by atoms with E-state index < -0.39 is 0 Å². The molecule has 0 aliphatic carbocycles. The maximum absolute atomic E-state index is 5.51. The van der Waals surface area contributed by atoms with Crippen LogP contribution in [0.25, 0.3) is 0 Å². The number of hydrogen-bond donors (Lipinski definition) is 1. The fourth-order valence-electron chi connectivity index (χ4n) is 2.37. The van der Waals surface area contributed by atoms with Crippen LogP contribution in [0.4, 0.5) is 0 Å². The normalized spacial score (nSPS) is 12.2. The number of rotatable bonds is 5. The molecule has 3 nitrogen and oxygen atoms in total. The van der Waals surface area contributed by atoms with Crippen LogP contribution < -0.4 is 10.1 Å². The van der Waals surface area contributed by atoms with Crippen LogP contribution in [-0.4, -0.2) is 18.6 Å². The van der Waals surface area contributed by atoms with Crippen LogP contribution in [0.15, 0.2) is 36.5 Å². The summed E-state index contributed by atoms with van der Waals surface area (Å²) < 4.78 is 5.51. The standard InChI is InChI=1S/C17H22N2O/c1-5-18-17(15-11-13(3)8-9-19-15)14-10-12(2)6-7-16(14)20-4/h6-11,17-18H,5H2,1-4H3. The van der Waals surface area contributed by atoms with E-state index in [9.17, 15) is 0 Å². The number of nitrogens with zero attached hydrogens (tertiary/aromatic N) is 1. The molecule has 0 spiro atoms. The molecule has 0 aliphatic rings. The largest absolute Gasteiger partial charge is 0.496 e. The fraction of sp³-hybridized carbons (Fsp3) is 0.353. The zero-order chi connectivity index (χ0) is 14.5. The van der Waals surface area contributed by atoms with Crippen molar-refractivity contribution in [2.45, 2.75) is 26.8 Å². The molecule has 0 fully saturated rings. The van der Waals surface area contributed by atoms with E-state index in [1.807, 2.05) is 18.3 Å². The summed E-state index contributed by atoms with van der Waals surface area (Å²) in [5.41, 5.74) is 4.59. The van der Waals surface area contributed by atoms with Crippen LogP contribution in [0, 0.1) is 13.8 Å². The second kappa shape index (κ2) is 6.53. The highest BCUT2D eigenvalue weighted by Crippen LogP contribution is 2.30. The van der Waals surface area contributed by atoms with E-state index in [4.69, 9.17) is 4.74 Å². The van der Waals surface area contributed by atoms with Gasteiger partial charge in [0.25, 0.3) is 0 Å². The Balaban J connectivity index is 2.50. The predicted octanol–water partition coefficient (Wildman–Crippen LogP) is 3.41. The van der Waals surface area contributed by atoms with E-state index in [0.29, 0.717) is 0 Å². The Morgan fingerprint density at radius 3 is 2.55 bits per heavy atom. The van der Waals surface area contributed by atoms with Gasteiger partial charge in [0.1, 0.15) is 5.75 Å². The van der Waals surface area contributed by atoms with Gasteiger partial charge in [-0.3, -0.25) is 4.98 Å². The lowest BCUT2D eigenvalue weighted by molar-refractivity contribution is 0.403. The SMILES string of the molecule is CCNC(c1cc(C)ccn1)c1cc(C)ccc1OC. The third-order valence-electron chi connectivity index (χ3n) is 3.34. The first-order valence-electron chi connectivity index (χ1n) is 6.96. The first kappa shape index (κ1) is 14.5. The highest BCUT2D eigenvalue weighted by Gasteiger charge is 2.18. The summed E-state index contributed by atoms with van der Waals surface area (Å²) in [6.45, 7) is 7.15. The molecular formula is C17H22N2O. The molecule has 1 atom stereocenters. The quantitative estimate of drug-likeness (QED) is 0.904. The second-order valence-electron chi connectivity index (χ2n) is 4.99. The smallest absolute Gasteiger partial charge is 0.124 e. The number of pyridine rings is 1. The monoisotopic (exact) mass is 270 g/mol. The van der Waals surface area contributed by atoms with Crippen LogP contribution in [0.5, 0.6) is 5.75 Å². The van der Waals surface area contributed by atoms with E-state index >= 15 is 0 Å². The van der Waals surface area contributed by atoms with Gasteiger partial charge in [-0.1, -0.05) is 24.6 Å². The molecule has 106 valence electrons. The molecular weight excluding hydrogens is 248 g/mol. The zero-order valence-corrected chi connectivity index (χ0v) is 12.6. The lowest BCUT2D eigenvalue weighted by atomic mass is 9.99. The minimum atomic E-state index is 0.0507. The molecule has 1 aromatic heterocycles. The highest BCUT2D eigenvalue weighted by molar-refractivity contribution is 5.42. The lowest BCUT2D eigenvalue weighted by Gasteiger charge is -2.21. The third kappa shape index (κ3) is 3.17. The van der Waals surface area contributed by atoms with Crippen LogP contribution in [0.3, 0.4) is 0 Å². The first-order valence-corrected chi connectivity index (χ1v) is 6.96. The molecule has 20 heavy (non-hydrogen) atoms. The van der Waals surface area contributed by atoms with E-state index in [1.54, 1.807) is 7.11 Å². The number of aromatic nitrogens is 1. The molecule has 0 saturated heterocycles. The number of hydrogen-bond acceptors (Lipinski definition) is 3.